The van der Waals surface area contributed by atoms with Crippen molar-refractivity contribution in [2.75, 3.05) is 43.8 Å². The highest BCUT2D eigenvalue weighted by Gasteiger charge is 2.22. The summed E-state index contributed by atoms with van der Waals surface area (Å²) in [6, 6.07) is 13.2. The molecule has 0 aliphatic carbocycles. The Kier molecular flexibility index (Phi) is 8.37. The molecule has 1 aliphatic heterocycles. The molecule has 10 heteroatoms. The van der Waals surface area contributed by atoms with Gasteiger partial charge in [-0.2, -0.15) is 4.99 Å². The molecule has 3 aromatic rings. The summed E-state index contributed by atoms with van der Waals surface area (Å²) in [5.74, 6) is -0.410. The smallest absolute Gasteiger partial charge is 0.337 e. The molecule has 35 heavy (non-hydrogen) atoms. The van der Waals surface area contributed by atoms with E-state index in [1.54, 1.807) is 19.2 Å². The third kappa shape index (κ3) is 5.83. The van der Waals surface area contributed by atoms with Crippen LogP contribution in [-0.2, 0) is 32.0 Å². The van der Waals surface area contributed by atoms with Crippen molar-refractivity contribution in [3.8, 4) is 0 Å². The second-order valence-electron chi connectivity index (χ2n) is 7.98. The number of hydrogen-bond donors (Lipinski definition) is 0. The number of aryl methyl sites for hydroxylation is 1. The molecule has 1 aliphatic rings. The number of thioether (sulfide) groups is 1. The van der Waals surface area contributed by atoms with E-state index in [0.29, 0.717) is 30.1 Å². The first-order chi connectivity index (χ1) is 17.0. The van der Waals surface area contributed by atoms with Gasteiger partial charge in [-0.3, -0.25) is 9.59 Å². The van der Waals surface area contributed by atoms with Crippen LogP contribution in [0.4, 0.5) is 5.69 Å². The fourth-order valence-electron chi connectivity index (χ4n) is 4.04. The van der Waals surface area contributed by atoms with Crippen LogP contribution in [0.15, 0.2) is 47.5 Å². The third-order valence-electron chi connectivity index (χ3n) is 5.71. The minimum absolute atomic E-state index is 0.00214. The van der Waals surface area contributed by atoms with Gasteiger partial charge in [0.05, 0.1) is 41.0 Å². The summed E-state index contributed by atoms with van der Waals surface area (Å²) in [5, 5.41) is 0. The zero-order valence-corrected chi connectivity index (χ0v) is 21.3. The average Bonchev–Trinajstić information content (AvgIpc) is 3.22. The number of anilines is 1. The lowest BCUT2D eigenvalue weighted by molar-refractivity contribution is -0.116. The molecule has 2 amide bonds. The quantitative estimate of drug-likeness (QED) is 0.430. The fourth-order valence-corrected chi connectivity index (χ4v) is 5.82. The highest BCUT2D eigenvalue weighted by molar-refractivity contribution is 8.00. The molecular weight excluding hydrogens is 486 g/mol. The minimum atomic E-state index is -0.421. The first kappa shape index (κ1) is 25.2. The number of carbonyl (C=O) groups excluding carboxylic acids is 3. The van der Waals surface area contributed by atoms with Gasteiger partial charge in [0.15, 0.2) is 4.80 Å². The van der Waals surface area contributed by atoms with Gasteiger partial charge in [-0.1, -0.05) is 29.5 Å². The molecule has 1 aromatic heterocycles. The van der Waals surface area contributed by atoms with Crippen LogP contribution in [0.1, 0.15) is 22.3 Å². The average molecular weight is 514 g/mol. The molecule has 0 saturated heterocycles. The number of hydrogen-bond acceptors (Lipinski definition) is 7. The number of methoxy groups -OCH3 is 2. The summed E-state index contributed by atoms with van der Waals surface area (Å²) < 4.78 is 12.7. The van der Waals surface area contributed by atoms with Gasteiger partial charge in [0.25, 0.3) is 5.91 Å². The van der Waals surface area contributed by atoms with Crippen LogP contribution in [0.3, 0.4) is 0 Å². The van der Waals surface area contributed by atoms with Crippen molar-refractivity contribution >= 4 is 56.8 Å². The lowest BCUT2D eigenvalue weighted by Crippen LogP contribution is -2.36. The minimum Gasteiger partial charge on any atom is -0.465 e. The van der Waals surface area contributed by atoms with Gasteiger partial charge in [-0.05, 0) is 42.7 Å². The van der Waals surface area contributed by atoms with Crippen LogP contribution in [0, 0.1) is 0 Å². The Balaban J connectivity index is 1.46. The molecule has 2 aromatic carbocycles. The van der Waals surface area contributed by atoms with Crippen LogP contribution in [0.5, 0.6) is 0 Å². The Morgan fingerprint density at radius 2 is 1.94 bits per heavy atom. The maximum atomic E-state index is 12.8. The Bertz CT molecular complexity index is 1310. The van der Waals surface area contributed by atoms with Crippen LogP contribution >= 0.6 is 23.1 Å². The van der Waals surface area contributed by atoms with E-state index in [4.69, 9.17) is 9.47 Å². The van der Waals surface area contributed by atoms with E-state index in [9.17, 15) is 14.4 Å². The van der Waals surface area contributed by atoms with Crippen molar-refractivity contribution in [2.24, 2.45) is 4.99 Å². The van der Waals surface area contributed by atoms with E-state index in [0.717, 1.165) is 28.7 Å². The summed E-state index contributed by atoms with van der Waals surface area (Å²) in [4.78, 5) is 44.0. The molecule has 184 valence electrons. The van der Waals surface area contributed by atoms with E-state index in [1.165, 1.54) is 35.8 Å². The number of rotatable bonds is 8. The van der Waals surface area contributed by atoms with E-state index < -0.39 is 5.97 Å². The number of nitrogens with zero attached hydrogens (tertiary/aromatic N) is 3. The normalized spacial score (nSPS) is 13.7. The molecule has 0 fully saturated rings. The zero-order chi connectivity index (χ0) is 24.8. The molecule has 0 atom stereocenters. The number of fused-ring (bicyclic) bond motifs is 2. The molecule has 0 unspecified atom stereocenters. The number of amides is 2. The Morgan fingerprint density at radius 3 is 2.74 bits per heavy atom. The van der Waals surface area contributed by atoms with Crippen molar-refractivity contribution < 1.29 is 23.9 Å². The van der Waals surface area contributed by atoms with Crippen molar-refractivity contribution in [3.63, 3.8) is 0 Å². The summed E-state index contributed by atoms with van der Waals surface area (Å²) in [7, 11) is 2.95. The molecule has 0 radical (unpaired) electrons. The summed E-state index contributed by atoms with van der Waals surface area (Å²) in [5.41, 5.74) is 3.45. The number of para-hydroxylation sites is 1. The highest BCUT2D eigenvalue weighted by Crippen LogP contribution is 2.27. The maximum Gasteiger partial charge on any atom is 0.337 e. The van der Waals surface area contributed by atoms with Crippen LogP contribution in [0.25, 0.3) is 10.2 Å². The maximum absolute atomic E-state index is 12.8. The van der Waals surface area contributed by atoms with Crippen LogP contribution in [-0.4, -0.2) is 61.2 Å². The number of aromatic nitrogens is 1. The molecule has 2 heterocycles. The van der Waals surface area contributed by atoms with Crippen molar-refractivity contribution in [1.29, 1.82) is 0 Å². The zero-order valence-electron chi connectivity index (χ0n) is 19.7. The number of carbonyl (C=O) groups is 3. The lowest BCUT2D eigenvalue weighted by Gasteiger charge is -2.29. The predicted octanol–water partition coefficient (Wildman–Crippen LogP) is 3.28. The molecule has 4 rings (SSSR count). The summed E-state index contributed by atoms with van der Waals surface area (Å²) in [6.07, 6.45) is 1.91. The first-order valence-electron chi connectivity index (χ1n) is 11.3. The standard InChI is InChI=1S/C25H27N3O5S2/c1-32-13-12-28-20-10-9-18(24(31)33-2)14-21(20)35-25(28)26-22(29)15-34-16-23(30)27-11-5-7-17-6-3-4-8-19(17)27/h3-4,6,8-10,14H,5,7,11-13,15-16H2,1-2H3. The second-order valence-corrected chi connectivity index (χ2v) is 9.97. The van der Waals surface area contributed by atoms with Crippen LogP contribution < -0.4 is 9.70 Å². The number of ether oxygens (including phenoxy) is 2. The molecule has 0 spiro atoms. The summed E-state index contributed by atoms with van der Waals surface area (Å²) in [6.45, 7) is 1.66. The first-order valence-corrected chi connectivity index (χ1v) is 13.2. The molecular formula is C25H27N3O5S2. The van der Waals surface area contributed by atoms with Gasteiger partial charge in [0.2, 0.25) is 5.91 Å². The number of esters is 1. The Labute approximate surface area is 211 Å². The van der Waals surface area contributed by atoms with Gasteiger partial charge in [-0.15, -0.1) is 11.8 Å². The van der Waals surface area contributed by atoms with E-state index in [2.05, 4.69) is 11.1 Å². The van der Waals surface area contributed by atoms with Gasteiger partial charge >= 0.3 is 5.97 Å². The molecule has 0 N–H and O–H groups in total. The molecule has 0 saturated carbocycles. The lowest BCUT2D eigenvalue weighted by atomic mass is 10.0. The Hall–Kier alpha value is -2.95. The van der Waals surface area contributed by atoms with Crippen molar-refractivity contribution in [3.05, 3.63) is 58.4 Å². The molecule has 0 bridgehead atoms. The van der Waals surface area contributed by atoms with Gasteiger partial charge in [0, 0.05) is 25.9 Å². The predicted molar refractivity (Wildman–Crippen MR) is 138 cm³/mol. The SMILES string of the molecule is COCCn1c(=NC(=O)CSCC(=O)N2CCCc3ccccc32)sc2cc(C(=O)OC)ccc21. The fraction of sp³-hybridized carbons (Fsp3) is 0.360. The van der Waals surface area contributed by atoms with Gasteiger partial charge < -0.3 is 18.9 Å². The summed E-state index contributed by atoms with van der Waals surface area (Å²) >= 11 is 2.60. The van der Waals surface area contributed by atoms with Crippen molar-refractivity contribution in [1.82, 2.24) is 4.57 Å². The number of thiazole rings is 1. The second kappa shape index (κ2) is 11.7. The highest BCUT2D eigenvalue weighted by atomic mass is 32.2. The number of benzene rings is 2. The topological polar surface area (TPSA) is 90.2 Å². The van der Waals surface area contributed by atoms with Gasteiger partial charge in [0.1, 0.15) is 0 Å². The largest absolute Gasteiger partial charge is 0.465 e. The van der Waals surface area contributed by atoms with Crippen LogP contribution in [0.2, 0.25) is 0 Å². The molecule has 8 nitrogen and oxygen atoms in total. The van der Waals surface area contributed by atoms with E-state index in [1.807, 2.05) is 33.7 Å². The van der Waals surface area contributed by atoms with E-state index in [-0.39, 0.29) is 23.3 Å². The monoisotopic (exact) mass is 513 g/mol. The third-order valence-corrected chi connectivity index (χ3v) is 7.65. The Morgan fingerprint density at radius 1 is 1.11 bits per heavy atom. The van der Waals surface area contributed by atoms with E-state index >= 15 is 0 Å². The van der Waals surface area contributed by atoms with Crippen molar-refractivity contribution in [2.45, 2.75) is 19.4 Å². The van der Waals surface area contributed by atoms with Gasteiger partial charge in [-0.25, -0.2) is 4.79 Å².